The molecule has 0 spiro atoms. The van der Waals surface area contributed by atoms with Crippen LogP contribution < -0.4 is 5.32 Å². The van der Waals surface area contributed by atoms with E-state index in [9.17, 15) is 14.7 Å². The molecule has 4 atom stereocenters. The highest BCUT2D eigenvalue weighted by atomic mass is 16.5. The van der Waals surface area contributed by atoms with E-state index in [1.807, 2.05) is 17.0 Å². The number of aromatic nitrogens is 1. The number of carbonyl (C=O) groups is 2. The Morgan fingerprint density at radius 3 is 2.75 bits per heavy atom. The third-order valence-corrected chi connectivity index (χ3v) is 7.39. The van der Waals surface area contributed by atoms with Crippen LogP contribution in [0.25, 0.3) is 0 Å². The number of nitrogens with zero attached hydrogens (tertiary/aromatic N) is 3. The third-order valence-electron chi connectivity index (χ3n) is 7.39. The molecule has 0 radical (unpaired) electrons. The zero-order chi connectivity index (χ0) is 25.2. The number of fused-ring (bicyclic) bond motifs is 2. The quantitative estimate of drug-likeness (QED) is 0.667. The van der Waals surface area contributed by atoms with Crippen LogP contribution in [-0.4, -0.2) is 82.7 Å². The molecule has 1 aromatic heterocycles. The van der Waals surface area contributed by atoms with Crippen LogP contribution in [0.1, 0.15) is 41.8 Å². The molecule has 0 bridgehead atoms. The molecule has 194 valence electrons. The first-order chi connectivity index (χ1) is 17.4. The monoisotopic (exact) mass is 498 g/mol. The average molecular weight is 499 g/mol. The fraction of sp³-hybridized carbons (Fsp3) is 0.577. The Balaban J connectivity index is 1.23. The Morgan fingerprint density at radius 1 is 1.17 bits per heavy atom. The molecule has 0 saturated carbocycles. The van der Waals surface area contributed by atoms with Crippen molar-refractivity contribution in [3.63, 3.8) is 0 Å². The Kier molecular flexibility index (Phi) is 7.27. The molecule has 10 heteroatoms. The Hall–Kier alpha value is -2.95. The molecular weight excluding hydrogens is 464 g/mol. The molecule has 4 heterocycles. The number of carbonyl (C=O) groups excluding carboxylic acids is 2. The van der Waals surface area contributed by atoms with Crippen LogP contribution in [0.4, 0.5) is 10.5 Å². The smallest absolute Gasteiger partial charge is 0.322 e. The van der Waals surface area contributed by atoms with Gasteiger partial charge in [-0.15, -0.1) is 0 Å². The molecule has 2 aromatic rings. The van der Waals surface area contributed by atoms with Crippen molar-refractivity contribution in [2.75, 3.05) is 31.6 Å². The van der Waals surface area contributed by atoms with E-state index >= 15 is 0 Å². The second-order valence-electron chi connectivity index (χ2n) is 9.95. The van der Waals surface area contributed by atoms with Crippen molar-refractivity contribution in [3.8, 4) is 0 Å². The fourth-order valence-electron chi connectivity index (χ4n) is 5.45. The topological polar surface area (TPSA) is 117 Å². The van der Waals surface area contributed by atoms with E-state index in [1.165, 1.54) is 11.1 Å². The Morgan fingerprint density at radius 2 is 1.97 bits per heavy atom. The van der Waals surface area contributed by atoms with Crippen molar-refractivity contribution in [2.45, 2.75) is 70.4 Å². The summed E-state index contributed by atoms with van der Waals surface area (Å²) in [6.07, 6.45) is 1.03. The predicted molar refractivity (Wildman–Crippen MR) is 130 cm³/mol. The van der Waals surface area contributed by atoms with Gasteiger partial charge in [-0.25, -0.2) is 4.79 Å². The summed E-state index contributed by atoms with van der Waals surface area (Å²) in [5.41, 5.74) is 3.63. The van der Waals surface area contributed by atoms with Crippen LogP contribution in [0.5, 0.6) is 0 Å². The molecule has 0 unspecified atom stereocenters. The fourth-order valence-corrected chi connectivity index (χ4v) is 5.45. The standard InChI is InChI=1S/C26H34N4O6/c1-16-25(17(2)36-28-16)27-26(33)30-13-20(31)14-34-15-23-22(30)8-7-21(35-23)11-24(32)29-10-9-18-5-3-4-6-19(18)12-29/h3-6,20-23,31H,7-15H2,1-2H3,(H,27,33)/t20-,21-,22-,23+/m1/s1. The van der Waals surface area contributed by atoms with E-state index in [1.54, 1.807) is 18.7 Å². The van der Waals surface area contributed by atoms with Gasteiger partial charge < -0.3 is 34.2 Å². The number of aliphatic hydroxyl groups is 1. The molecule has 0 aliphatic carbocycles. The lowest BCUT2D eigenvalue weighted by atomic mass is 9.94. The number of aliphatic hydroxyl groups excluding tert-OH is 1. The molecule has 10 nitrogen and oxygen atoms in total. The zero-order valence-corrected chi connectivity index (χ0v) is 20.8. The second kappa shape index (κ2) is 10.6. The zero-order valence-electron chi connectivity index (χ0n) is 20.8. The number of hydrogen-bond donors (Lipinski definition) is 2. The summed E-state index contributed by atoms with van der Waals surface area (Å²) in [7, 11) is 0. The van der Waals surface area contributed by atoms with Crippen LogP contribution in [0, 0.1) is 13.8 Å². The van der Waals surface area contributed by atoms with Crippen molar-refractivity contribution in [2.24, 2.45) is 0 Å². The average Bonchev–Trinajstić information content (AvgIpc) is 3.18. The Labute approximate surface area is 210 Å². The number of rotatable bonds is 3. The summed E-state index contributed by atoms with van der Waals surface area (Å²) < 4.78 is 17.2. The SMILES string of the molecule is Cc1noc(C)c1NC(=O)N1C[C@@H](O)COC[C@@H]2O[C@@H](CC(=O)N3CCc4ccccc4C3)CC[C@H]21. The maximum Gasteiger partial charge on any atom is 0.322 e. The first kappa shape index (κ1) is 24.7. The molecule has 1 aromatic carbocycles. The molecule has 3 aliphatic heterocycles. The van der Waals surface area contributed by atoms with E-state index in [-0.39, 0.29) is 49.9 Å². The van der Waals surface area contributed by atoms with Gasteiger partial charge in [-0.1, -0.05) is 29.4 Å². The number of anilines is 1. The van der Waals surface area contributed by atoms with Gasteiger partial charge in [0.15, 0.2) is 5.76 Å². The van der Waals surface area contributed by atoms with Gasteiger partial charge in [0.2, 0.25) is 5.91 Å². The van der Waals surface area contributed by atoms with Crippen LogP contribution in [-0.2, 0) is 27.2 Å². The van der Waals surface area contributed by atoms with Crippen LogP contribution in [0.15, 0.2) is 28.8 Å². The number of nitrogens with one attached hydrogen (secondary N) is 1. The summed E-state index contributed by atoms with van der Waals surface area (Å²) in [4.78, 5) is 29.9. The summed E-state index contributed by atoms with van der Waals surface area (Å²) >= 11 is 0. The summed E-state index contributed by atoms with van der Waals surface area (Å²) in [5, 5.41) is 17.2. The van der Waals surface area contributed by atoms with Crippen molar-refractivity contribution < 1.29 is 28.7 Å². The van der Waals surface area contributed by atoms with Gasteiger partial charge in [0.05, 0.1) is 44.4 Å². The highest BCUT2D eigenvalue weighted by molar-refractivity contribution is 5.90. The highest BCUT2D eigenvalue weighted by Gasteiger charge is 2.40. The van der Waals surface area contributed by atoms with Gasteiger partial charge in [0, 0.05) is 13.1 Å². The highest BCUT2D eigenvalue weighted by Crippen LogP contribution is 2.30. The summed E-state index contributed by atoms with van der Waals surface area (Å²) in [5.74, 6) is 0.607. The molecule has 3 amide bonds. The number of ether oxygens (including phenoxy) is 2. The van der Waals surface area contributed by atoms with E-state index in [0.29, 0.717) is 49.5 Å². The van der Waals surface area contributed by atoms with Gasteiger partial charge in [0.1, 0.15) is 17.5 Å². The van der Waals surface area contributed by atoms with Gasteiger partial charge in [-0.2, -0.15) is 0 Å². The lowest BCUT2D eigenvalue weighted by Crippen LogP contribution is -2.58. The number of urea groups is 1. The molecule has 2 N–H and O–H groups in total. The van der Waals surface area contributed by atoms with E-state index in [4.69, 9.17) is 14.0 Å². The maximum atomic E-state index is 13.3. The van der Waals surface area contributed by atoms with E-state index < -0.39 is 6.10 Å². The molecule has 5 rings (SSSR count). The second-order valence-corrected chi connectivity index (χ2v) is 9.95. The van der Waals surface area contributed by atoms with E-state index in [2.05, 4.69) is 22.6 Å². The van der Waals surface area contributed by atoms with Crippen molar-refractivity contribution in [1.82, 2.24) is 15.0 Å². The van der Waals surface area contributed by atoms with Crippen LogP contribution in [0.2, 0.25) is 0 Å². The number of β-amino-alcohol motifs (C(OH)–C–C–N with tert-alkyl or cyclic N) is 1. The number of benzene rings is 1. The van der Waals surface area contributed by atoms with Crippen molar-refractivity contribution >= 4 is 17.6 Å². The minimum Gasteiger partial charge on any atom is -0.389 e. The van der Waals surface area contributed by atoms with Gasteiger partial charge in [-0.05, 0) is 44.2 Å². The lowest BCUT2D eigenvalue weighted by molar-refractivity contribution is -0.154. The molecule has 2 saturated heterocycles. The Bertz CT molecular complexity index is 1080. The largest absolute Gasteiger partial charge is 0.389 e. The normalized spacial score (nSPS) is 26.4. The third kappa shape index (κ3) is 5.25. The minimum absolute atomic E-state index is 0.0862. The molecule has 36 heavy (non-hydrogen) atoms. The first-order valence-corrected chi connectivity index (χ1v) is 12.7. The number of hydrogen-bond acceptors (Lipinski definition) is 7. The van der Waals surface area contributed by atoms with E-state index in [0.717, 1.165) is 6.42 Å². The van der Waals surface area contributed by atoms with Crippen LogP contribution >= 0.6 is 0 Å². The first-order valence-electron chi connectivity index (χ1n) is 12.7. The van der Waals surface area contributed by atoms with Crippen molar-refractivity contribution in [1.29, 1.82) is 0 Å². The van der Waals surface area contributed by atoms with Gasteiger partial charge >= 0.3 is 6.03 Å². The van der Waals surface area contributed by atoms with Gasteiger partial charge in [-0.3, -0.25) is 4.79 Å². The van der Waals surface area contributed by atoms with Gasteiger partial charge in [0.25, 0.3) is 0 Å². The molecule has 3 aliphatic rings. The number of aryl methyl sites for hydroxylation is 2. The predicted octanol–water partition coefficient (Wildman–Crippen LogP) is 2.41. The number of amides is 3. The summed E-state index contributed by atoms with van der Waals surface area (Å²) in [6, 6.07) is 7.63. The maximum absolute atomic E-state index is 13.3. The summed E-state index contributed by atoms with van der Waals surface area (Å²) in [6.45, 7) is 5.32. The molecule has 2 fully saturated rings. The van der Waals surface area contributed by atoms with Crippen molar-refractivity contribution in [3.05, 3.63) is 46.8 Å². The lowest BCUT2D eigenvalue weighted by Gasteiger charge is -2.44. The minimum atomic E-state index is -0.803. The van der Waals surface area contributed by atoms with Crippen LogP contribution in [0.3, 0.4) is 0 Å². The molecular formula is C26H34N4O6.